The molecule has 29 heavy (non-hydrogen) atoms. The second kappa shape index (κ2) is 7.76. The van der Waals surface area contributed by atoms with Gasteiger partial charge in [0, 0.05) is 0 Å². The van der Waals surface area contributed by atoms with E-state index in [4.69, 9.17) is 4.74 Å². The van der Waals surface area contributed by atoms with Crippen LogP contribution in [0.4, 0.5) is 5.69 Å². The standard InChI is InChI=1S/C20H19NO6S2/c1-14-3-8-18(9-4-14)29(25,26)21-15-5-12-19(22)20(13-15)28(23,24)17-10-6-16(27-2)7-11-17/h3-13,21-22H,1-2H3. The molecule has 0 spiro atoms. The van der Waals surface area contributed by atoms with E-state index in [-0.39, 0.29) is 15.5 Å². The third kappa shape index (κ3) is 4.36. The van der Waals surface area contributed by atoms with Crippen molar-refractivity contribution in [3.8, 4) is 11.5 Å². The number of aryl methyl sites for hydroxylation is 1. The summed E-state index contributed by atoms with van der Waals surface area (Å²) in [5, 5.41) is 10.1. The number of rotatable bonds is 6. The van der Waals surface area contributed by atoms with Crippen LogP contribution in [0, 0.1) is 6.92 Å². The Balaban J connectivity index is 1.98. The lowest BCUT2D eigenvalue weighted by Gasteiger charge is -2.12. The Labute approximate surface area is 169 Å². The van der Waals surface area contributed by atoms with Gasteiger partial charge in [-0.25, -0.2) is 16.8 Å². The molecule has 0 radical (unpaired) electrons. The highest BCUT2D eigenvalue weighted by Crippen LogP contribution is 2.32. The number of methoxy groups -OCH3 is 1. The van der Waals surface area contributed by atoms with Crippen molar-refractivity contribution in [1.82, 2.24) is 0 Å². The number of hydrogen-bond donors (Lipinski definition) is 2. The van der Waals surface area contributed by atoms with Crippen LogP contribution >= 0.6 is 0 Å². The van der Waals surface area contributed by atoms with Crippen LogP contribution in [0.5, 0.6) is 11.5 Å². The van der Waals surface area contributed by atoms with Crippen LogP contribution in [0.15, 0.2) is 81.4 Å². The summed E-state index contributed by atoms with van der Waals surface area (Å²) in [6.07, 6.45) is 0. The minimum Gasteiger partial charge on any atom is -0.507 e. The Hall–Kier alpha value is -3.04. The van der Waals surface area contributed by atoms with E-state index in [1.165, 1.54) is 49.6 Å². The molecule has 0 saturated heterocycles. The lowest BCUT2D eigenvalue weighted by atomic mass is 10.2. The normalized spacial score (nSPS) is 11.8. The van der Waals surface area contributed by atoms with Crippen LogP contribution < -0.4 is 9.46 Å². The highest BCUT2D eigenvalue weighted by molar-refractivity contribution is 7.92. The number of sulfone groups is 1. The van der Waals surface area contributed by atoms with Crippen LogP contribution in [-0.4, -0.2) is 29.1 Å². The van der Waals surface area contributed by atoms with Crippen LogP contribution in [0.3, 0.4) is 0 Å². The van der Waals surface area contributed by atoms with Gasteiger partial charge in [-0.2, -0.15) is 0 Å². The first-order valence-corrected chi connectivity index (χ1v) is 11.4. The zero-order valence-electron chi connectivity index (χ0n) is 15.7. The van der Waals surface area contributed by atoms with E-state index >= 15 is 0 Å². The quantitative estimate of drug-likeness (QED) is 0.577. The Morgan fingerprint density at radius 2 is 1.41 bits per heavy atom. The molecule has 2 N–H and O–H groups in total. The highest BCUT2D eigenvalue weighted by atomic mass is 32.2. The van der Waals surface area contributed by atoms with Gasteiger partial charge in [0.2, 0.25) is 9.84 Å². The summed E-state index contributed by atoms with van der Waals surface area (Å²) in [7, 11) is -6.55. The van der Waals surface area contributed by atoms with Gasteiger partial charge in [0.05, 0.1) is 22.6 Å². The lowest BCUT2D eigenvalue weighted by Crippen LogP contribution is -2.13. The van der Waals surface area contributed by atoms with Crippen molar-refractivity contribution >= 4 is 25.5 Å². The number of aromatic hydroxyl groups is 1. The van der Waals surface area contributed by atoms with E-state index < -0.39 is 30.5 Å². The lowest BCUT2D eigenvalue weighted by molar-refractivity contribution is 0.414. The fourth-order valence-corrected chi connectivity index (χ4v) is 5.03. The SMILES string of the molecule is COc1ccc(S(=O)(=O)c2cc(NS(=O)(=O)c3ccc(C)cc3)ccc2O)cc1. The van der Waals surface area contributed by atoms with Crippen LogP contribution in [0.2, 0.25) is 0 Å². The molecule has 7 nitrogen and oxygen atoms in total. The zero-order chi connectivity index (χ0) is 21.2. The smallest absolute Gasteiger partial charge is 0.261 e. The van der Waals surface area contributed by atoms with Crippen molar-refractivity contribution < 1.29 is 26.7 Å². The molecule has 0 unspecified atom stereocenters. The first-order valence-electron chi connectivity index (χ1n) is 8.45. The third-order valence-corrected chi connectivity index (χ3v) is 7.40. The molecule has 0 heterocycles. The first kappa shape index (κ1) is 20.7. The molecule has 3 aromatic carbocycles. The predicted molar refractivity (Wildman–Crippen MR) is 109 cm³/mol. The Kier molecular flexibility index (Phi) is 5.54. The van der Waals surface area contributed by atoms with Gasteiger partial charge in [-0.05, 0) is 61.5 Å². The van der Waals surface area contributed by atoms with Crippen molar-refractivity contribution in [3.63, 3.8) is 0 Å². The molecule has 0 aliphatic rings. The number of sulfonamides is 1. The molecule has 0 atom stereocenters. The van der Waals surface area contributed by atoms with E-state index in [1.54, 1.807) is 12.1 Å². The molecular formula is C20H19NO6S2. The minimum absolute atomic E-state index is 0.00969. The van der Waals surface area contributed by atoms with Crippen molar-refractivity contribution in [2.24, 2.45) is 0 Å². The average molecular weight is 434 g/mol. The average Bonchev–Trinajstić information content (AvgIpc) is 2.69. The van der Waals surface area contributed by atoms with Gasteiger partial charge in [0.15, 0.2) is 0 Å². The molecule has 0 amide bonds. The molecule has 152 valence electrons. The second-order valence-electron chi connectivity index (χ2n) is 6.28. The predicted octanol–water partition coefficient (Wildman–Crippen LogP) is 3.34. The summed E-state index contributed by atoms with van der Waals surface area (Å²) < 4.78 is 58.3. The van der Waals surface area contributed by atoms with Gasteiger partial charge >= 0.3 is 0 Å². The molecule has 0 aliphatic heterocycles. The first-order chi connectivity index (χ1) is 13.6. The van der Waals surface area contributed by atoms with Crippen molar-refractivity contribution in [2.45, 2.75) is 21.6 Å². The fraction of sp³-hybridized carbons (Fsp3) is 0.100. The molecule has 0 aromatic heterocycles. The summed E-state index contributed by atoms with van der Waals surface area (Å²) in [5.74, 6) is -0.00752. The van der Waals surface area contributed by atoms with Crippen molar-refractivity contribution in [1.29, 1.82) is 0 Å². The van der Waals surface area contributed by atoms with Gasteiger partial charge in [0.1, 0.15) is 16.4 Å². The molecule has 3 aromatic rings. The maximum atomic E-state index is 12.9. The summed E-state index contributed by atoms with van der Waals surface area (Å²) in [4.78, 5) is -0.436. The summed E-state index contributed by atoms with van der Waals surface area (Å²) in [6, 6.07) is 15.4. The summed E-state index contributed by atoms with van der Waals surface area (Å²) in [5.41, 5.74) is 0.914. The molecule has 0 aliphatic carbocycles. The molecule has 9 heteroatoms. The third-order valence-electron chi connectivity index (χ3n) is 4.20. The Bertz CT molecular complexity index is 1230. The Morgan fingerprint density at radius 3 is 2.00 bits per heavy atom. The number of phenols is 1. The highest BCUT2D eigenvalue weighted by Gasteiger charge is 2.23. The van der Waals surface area contributed by atoms with E-state index in [2.05, 4.69) is 4.72 Å². The fourth-order valence-electron chi connectivity index (χ4n) is 2.61. The van der Waals surface area contributed by atoms with Crippen molar-refractivity contribution in [3.05, 3.63) is 72.3 Å². The van der Waals surface area contributed by atoms with Gasteiger partial charge in [-0.3, -0.25) is 4.72 Å². The minimum atomic E-state index is -4.08. The number of anilines is 1. The Morgan fingerprint density at radius 1 is 0.828 bits per heavy atom. The van der Waals surface area contributed by atoms with Crippen LogP contribution in [0.25, 0.3) is 0 Å². The van der Waals surface area contributed by atoms with E-state index in [1.807, 2.05) is 6.92 Å². The monoisotopic (exact) mass is 433 g/mol. The number of benzene rings is 3. The molecule has 0 saturated carbocycles. The number of ether oxygens (including phenoxy) is 1. The maximum absolute atomic E-state index is 12.9. The topological polar surface area (TPSA) is 110 Å². The molecule has 0 bridgehead atoms. The number of phenolic OH excluding ortho intramolecular Hbond substituents is 1. The summed E-state index contributed by atoms with van der Waals surface area (Å²) >= 11 is 0. The van der Waals surface area contributed by atoms with E-state index in [9.17, 15) is 21.9 Å². The van der Waals surface area contributed by atoms with Crippen molar-refractivity contribution in [2.75, 3.05) is 11.8 Å². The van der Waals surface area contributed by atoms with E-state index in [0.29, 0.717) is 5.75 Å². The number of hydrogen-bond acceptors (Lipinski definition) is 6. The number of nitrogens with one attached hydrogen (secondary N) is 1. The zero-order valence-corrected chi connectivity index (χ0v) is 17.3. The van der Waals surface area contributed by atoms with Gasteiger partial charge in [-0.15, -0.1) is 0 Å². The van der Waals surface area contributed by atoms with Gasteiger partial charge in [0.25, 0.3) is 10.0 Å². The van der Waals surface area contributed by atoms with Crippen LogP contribution in [-0.2, 0) is 19.9 Å². The molecular weight excluding hydrogens is 414 g/mol. The van der Waals surface area contributed by atoms with E-state index in [0.717, 1.165) is 17.7 Å². The molecule has 3 rings (SSSR count). The van der Waals surface area contributed by atoms with Gasteiger partial charge < -0.3 is 9.84 Å². The van der Waals surface area contributed by atoms with Gasteiger partial charge in [-0.1, -0.05) is 17.7 Å². The summed E-state index contributed by atoms with van der Waals surface area (Å²) in [6.45, 7) is 1.83. The maximum Gasteiger partial charge on any atom is 0.261 e. The largest absolute Gasteiger partial charge is 0.507 e. The molecule has 0 fully saturated rings. The van der Waals surface area contributed by atoms with Crippen LogP contribution in [0.1, 0.15) is 5.56 Å². The second-order valence-corrected chi connectivity index (χ2v) is 9.88.